The molecule has 2 aromatic rings. The third kappa shape index (κ3) is 2.65. The summed E-state index contributed by atoms with van der Waals surface area (Å²) in [4.78, 5) is 9.56. The van der Waals surface area contributed by atoms with Crippen LogP contribution in [-0.2, 0) is 6.54 Å². The lowest BCUT2D eigenvalue weighted by Gasteiger charge is -1.98. The zero-order valence-corrected chi connectivity index (χ0v) is 10.8. The molecule has 1 saturated carbocycles. The van der Waals surface area contributed by atoms with Crippen LogP contribution >= 0.6 is 22.9 Å². The molecule has 5 heteroatoms. The van der Waals surface area contributed by atoms with Crippen LogP contribution in [0.2, 0.25) is 5.15 Å². The van der Waals surface area contributed by atoms with Crippen molar-refractivity contribution in [2.24, 2.45) is 0 Å². The maximum atomic E-state index is 6.06. The summed E-state index contributed by atoms with van der Waals surface area (Å²) in [5.74, 6) is 0. The minimum atomic E-state index is 0.540. The molecule has 2 heterocycles. The second kappa shape index (κ2) is 4.72. The highest BCUT2D eigenvalue weighted by atomic mass is 35.5. The average Bonchev–Trinajstić information content (AvgIpc) is 3.06. The number of rotatable bonds is 4. The zero-order chi connectivity index (χ0) is 11.7. The van der Waals surface area contributed by atoms with E-state index in [-0.39, 0.29) is 0 Å². The first-order valence-corrected chi connectivity index (χ1v) is 6.81. The van der Waals surface area contributed by atoms with Crippen LogP contribution in [0.15, 0.2) is 24.5 Å². The van der Waals surface area contributed by atoms with Crippen LogP contribution < -0.4 is 5.32 Å². The molecule has 1 N–H and O–H groups in total. The van der Waals surface area contributed by atoms with Gasteiger partial charge in [0.25, 0.3) is 0 Å². The van der Waals surface area contributed by atoms with E-state index in [1.807, 2.05) is 18.3 Å². The molecule has 1 aliphatic carbocycles. The molecule has 1 fully saturated rings. The molecule has 0 bridgehead atoms. The fourth-order valence-electron chi connectivity index (χ4n) is 1.61. The van der Waals surface area contributed by atoms with E-state index in [2.05, 4.69) is 15.3 Å². The summed E-state index contributed by atoms with van der Waals surface area (Å²) < 4.78 is 0. The predicted octanol–water partition coefficient (Wildman–Crippen LogP) is 3.11. The number of hydrogen-bond donors (Lipinski definition) is 1. The minimum Gasteiger partial charge on any atom is -0.308 e. The first-order valence-electron chi connectivity index (χ1n) is 5.62. The molecule has 3 rings (SSSR count). The molecular formula is C12H12ClN3S. The van der Waals surface area contributed by atoms with Crippen LogP contribution in [-0.4, -0.2) is 16.0 Å². The van der Waals surface area contributed by atoms with Crippen LogP contribution in [0.4, 0.5) is 0 Å². The topological polar surface area (TPSA) is 37.8 Å². The molecule has 2 aromatic heterocycles. The van der Waals surface area contributed by atoms with Crippen molar-refractivity contribution in [3.63, 3.8) is 0 Å². The van der Waals surface area contributed by atoms with Gasteiger partial charge in [0.2, 0.25) is 0 Å². The summed E-state index contributed by atoms with van der Waals surface area (Å²) in [5, 5.41) is 5.09. The van der Waals surface area contributed by atoms with Crippen molar-refractivity contribution in [1.29, 1.82) is 0 Å². The Morgan fingerprint density at radius 2 is 2.29 bits per heavy atom. The van der Waals surface area contributed by atoms with E-state index in [0.29, 0.717) is 11.2 Å². The fourth-order valence-corrected chi connectivity index (χ4v) is 2.78. The van der Waals surface area contributed by atoms with Gasteiger partial charge in [-0.15, -0.1) is 11.3 Å². The number of thiazole rings is 1. The Labute approximate surface area is 109 Å². The standard InChI is InChI=1S/C12H12ClN3S/c13-12-9(2-1-5-14-12)10-6-16-11(17-10)7-15-8-3-4-8/h1-2,5-6,8,15H,3-4,7H2. The van der Waals surface area contributed by atoms with Gasteiger partial charge in [-0.2, -0.15) is 0 Å². The number of nitrogens with one attached hydrogen (secondary N) is 1. The van der Waals surface area contributed by atoms with Crippen LogP contribution in [0, 0.1) is 0 Å². The van der Waals surface area contributed by atoms with Gasteiger partial charge in [-0.3, -0.25) is 0 Å². The first-order chi connectivity index (χ1) is 8.33. The molecule has 0 spiro atoms. The van der Waals surface area contributed by atoms with Gasteiger partial charge in [0.15, 0.2) is 0 Å². The van der Waals surface area contributed by atoms with Crippen molar-refractivity contribution in [2.45, 2.75) is 25.4 Å². The molecular weight excluding hydrogens is 254 g/mol. The van der Waals surface area contributed by atoms with Crippen LogP contribution in [0.5, 0.6) is 0 Å². The highest BCUT2D eigenvalue weighted by Gasteiger charge is 2.20. The Bertz CT molecular complexity index is 522. The Hall–Kier alpha value is -0.970. The maximum absolute atomic E-state index is 6.06. The molecule has 0 unspecified atom stereocenters. The fraction of sp³-hybridized carbons (Fsp3) is 0.333. The summed E-state index contributed by atoms with van der Waals surface area (Å²) in [6.45, 7) is 0.854. The van der Waals surface area contributed by atoms with Crippen molar-refractivity contribution in [3.8, 4) is 10.4 Å². The van der Waals surface area contributed by atoms with Crippen molar-refractivity contribution in [1.82, 2.24) is 15.3 Å². The van der Waals surface area contributed by atoms with Crippen molar-refractivity contribution in [3.05, 3.63) is 34.7 Å². The largest absolute Gasteiger partial charge is 0.308 e. The van der Waals surface area contributed by atoms with Crippen LogP contribution in [0.3, 0.4) is 0 Å². The van der Waals surface area contributed by atoms with Crippen molar-refractivity contribution >= 4 is 22.9 Å². The van der Waals surface area contributed by atoms with Gasteiger partial charge in [0.05, 0.1) is 4.88 Å². The average molecular weight is 266 g/mol. The molecule has 0 aliphatic heterocycles. The molecule has 88 valence electrons. The lowest BCUT2D eigenvalue weighted by Crippen LogP contribution is -2.14. The number of halogens is 1. The molecule has 0 amide bonds. The van der Waals surface area contributed by atoms with E-state index < -0.39 is 0 Å². The lowest BCUT2D eigenvalue weighted by atomic mass is 10.2. The second-order valence-electron chi connectivity index (χ2n) is 4.12. The third-order valence-electron chi connectivity index (χ3n) is 2.70. The quantitative estimate of drug-likeness (QED) is 0.864. The summed E-state index contributed by atoms with van der Waals surface area (Å²) >= 11 is 7.73. The predicted molar refractivity (Wildman–Crippen MR) is 70.2 cm³/mol. The SMILES string of the molecule is Clc1ncccc1-c1cnc(CNC2CC2)s1. The lowest BCUT2D eigenvalue weighted by molar-refractivity contribution is 0.684. The van der Waals surface area contributed by atoms with Gasteiger partial charge in [-0.25, -0.2) is 9.97 Å². The van der Waals surface area contributed by atoms with E-state index >= 15 is 0 Å². The van der Waals surface area contributed by atoms with Gasteiger partial charge in [-0.05, 0) is 25.0 Å². The van der Waals surface area contributed by atoms with Crippen molar-refractivity contribution in [2.75, 3.05) is 0 Å². The Morgan fingerprint density at radius 3 is 3.06 bits per heavy atom. The van der Waals surface area contributed by atoms with E-state index in [0.717, 1.165) is 22.0 Å². The van der Waals surface area contributed by atoms with E-state index in [4.69, 9.17) is 11.6 Å². The Balaban J connectivity index is 1.77. The van der Waals surface area contributed by atoms with E-state index in [9.17, 15) is 0 Å². The molecule has 0 atom stereocenters. The molecule has 0 aromatic carbocycles. The highest BCUT2D eigenvalue weighted by molar-refractivity contribution is 7.15. The molecule has 0 radical (unpaired) electrons. The molecule has 17 heavy (non-hydrogen) atoms. The van der Waals surface area contributed by atoms with Gasteiger partial charge < -0.3 is 5.32 Å². The number of aromatic nitrogens is 2. The van der Waals surface area contributed by atoms with Crippen LogP contribution in [0.25, 0.3) is 10.4 Å². The van der Waals surface area contributed by atoms with Gasteiger partial charge in [0, 0.05) is 30.5 Å². The maximum Gasteiger partial charge on any atom is 0.137 e. The number of nitrogens with zero attached hydrogens (tertiary/aromatic N) is 2. The number of pyridine rings is 1. The Kier molecular flexibility index (Phi) is 3.09. The zero-order valence-electron chi connectivity index (χ0n) is 9.19. The minimum absolute atomic E-state index is 0.540. The normalized spacial score (nSPS) is 15.1. The summed E-state index contributed by atoms with van der Waals surface area (Å²) in [6, 6.07) is 4.58. The summed E-state index contributed by atoms with van der Waals surface area (Å²) in [7, 11) is 0. The highest BCUT2D eigenvalue weighted by Crippen LogP contribution is 2.30. The third-order valence-corrected chi connectivity index (χ3v) is 4.03. The van der Waals surface area contributed by atoms with Gasteiger partial charge in [-0.1, -0.05) is 11.6 Å². The summed E-state index contributed by atoms with van der Waals surface area (Å²) in [5.41, 5.74) is 0.962. The molecule has 1 aliphatic rings. The van der Waals surface area contributed by atoms with Gasteiger partial charge in [0.1, 0.15) is 10.2 Å². The Morgan fingerprint density at radius 1 is 1.41 bits per heavy atom. The molecule has 0 saturated heterocycles. The molecule has 3 nitrogen and oxygen atoms in total. The van der Waals surface area contributed by atoms with Gasteiger partial charge >= 0.3 is 0 Å². The van der Waals surface area contributed by atoms with Crippen LogP contribution in [0.1, 0.15) is 17.8 Å². The smallest absolute Gasteiger partial charge is 0.137 e. The van der Waals surface area contributed by atoms with E-state index in [1.54, 1.807) is 17.5 Å². The number of hydrogen-bond acceptors (Lipinski definition) is 4. The monoisotopic (exact) mass is 265 g/mol. The first kappa shape index (κ1) is 11.1. The van der Waals surface area contributed by atoms with E-state index in [1.165, 1.54) is 12.8 Å². The second-order valence-corrected chi connectivity index (χ2v) is 5.59. The summed E-state index contributed by atoms with van der Waals surface area (Å²) in [6.07, 6.45) is 6.17. The van der Waals surface area contributed by atoms with Crippen molar-refractivity contribution < 1.29 is 0 Å².